The number of carbonyl (C=O) groups excluding carboxylic acids is 2. The van der Waals surface area contributed by atoms with E-state index in [0.717, 1.165) is 31.2 Å². The lowest BCUT2D eigenvalue weighted by Gasteiger charge is -2.25. The lowest BCUT2D eigenvalue weighted by atomic mass is 9.97. The molecule has 5 heteroatoms. The highest BCUT2D eigenvalue weighted by molar-refractivity contribution is 6.04. The summed E-state index contributed by atoms with van der Waals surface area (Å²) in [6.45, 7) is 1.92. The smallest absolute Gasteiger partial charge is 0.255 e. The average Bonchev–Trinajstić information content (AvgIpc) is 3.10. The molecule has 2 aromatic rings. The van der Waals surface area contributed by atoms with E-state index in [2.05, 4.69) is 10.6 Å². The van der Waals surface area contributed by atoms with E-state index in [1.165, 1.54) is 0 Å². The second kappa shape index (κ2) is 7.70. The van der Waals surface area contributed by atoms with Gasteiger partial charge in [0, 0.05) is 11.3 Å². The molecular formula is C21H25N3O2. The number of carbonyl (C=O) groups is 2. The third-order valence-corrected chi connectivity index (χ3v) is 4.98. The minimum Gasteiger partial charge on any atom is -0.348 e. The average molecular weight is 351 g/mol. The zero-order valence-electron chi connectivity index (χ0n) is 15.0. The summed E-state index contributed by atoms with van der Waals surface area (Å²) in [7, 11) is 0. The van der Waals surface area contributed by atoms with Gasteiger partial charge in [0.05, 0.1) is 11.6 Å². The largest absolute Gasteiger partial charge is 0.348 e. The first kappa shape index (κ1) is 18.1. The van der Waals surface area contributed by atoms with Gasteiger partial charge in [0.2, 0.25) is 5.91 Å². The SMILES string of the molecule is CC(NC(=O)C1(N)CCCC1)c1cccc(NC(=O)c2ccccc2)c1. The van der Waals surface area contributed by atoms with E-state index in [9.17, 15) is 9.59 Å². The minimum atomic E-state index is -0.743. The number of benzene rings is 2. The number of amides is 2. The molecule has 26 heavy (non-hydrogen) atoms. The molecular weight excluding hydrogens is 326 g/mol. The summed E-state index contributed by atoms with van der Waals surface area (Å²) in [4.78, 5) is 24.8. The van der Waals surface area contributed by atoms with Crippen LogP contribution in [0, 0.1) is 0 Å². The molecule has 1 atom stereocenters. The quantitative estimate of drug-likeness (QED) is 0.772. The summed E-state index contributed by atoms with van der Waals surface area (Å²) in [5, 5.41) is 5.91. The van der Waals surface area contributed by atoms with E-state index >= 15 is 0 Å². The number of rotatable bonds is 5. The molecule has 4 N–H and O–H groups in total. The molecule has 2 amide bonds. The van der Waals surface area contributed by atoms with Gasteiger partial charge < -0.3 is 16.4 Å². The Balaban J connectivity index is 1.66. The maximum absolute atomic E-state index is 12.5. The van der Waals surface area contributed by atoms with E-state index in [4.69, 9.17) is 5.73 Å². The predicted octanol–water partition coefficient (Wildman–Crippen LogP) is 3.39. The molecule has 0 heterocycles. The van der Waals surface area contributed by atoms with Crippen LogP contribution in [-0.4, -0.2) is 17.4 Å². The van der Waals surface area contributed by atoms with Gasteiger partial charge in [-0.3, -0.25) is 9.59 Å². The van der Waals surface area contributed by atoms with Gasteiger partial charge in [0.25, 0.3) is 5.91 Å². The fraction of sp³-hybridized carbons (Fsp3) is 0.333. The summed E-state index contributed by atoms with van der Waals surface area (Å²) in [6, 6.07) is 16.4. The van der Waals surface area contributed by atoms with Crippen molar-refractivity contribution in [3.05, 3.63) is 65.7 Å². The van der Waals surface area contributed by atoms with Crippen molar-refractivity contribution in [2.45, 2.75) is 44.2 Å². The molecule has 136 valence electrons. The van der Waals surface area contributed by atoms with Crippen LogP contribution < -0.4 is 16.4 Å². The van der Waals surface area contributed by atoms with Crippen LogP contribution in [0.2, 0.25) is 0 Å². The van der Waals surface area contributed by atoms with Gasteiger partial charge in [-0.25, -0.2) is 0 Å². The Morgan fingerprint density at radius 2 is 1.73 bits per heavy atom. The molecule has 1 unspecified atom stereocenters. The number of nitrogens with one attached hydrogen (secondary N) is 2. The van der Waals surface area contributed by atoms with Crippen LogP contribution in [0.15, 0.2) is 54.6 Å². The summed E-state index contributed by atoms with van der Waals surface area (Å²) in [5.74, 6) is -0.257. The molecule has 0 saturated heterocycles. The Bertz CT molecular complexity index is 783. The van der Waals surface area contributed by atoms with E-state index in [1.54, 1.807) is 12.1 Å². The first-order chi connectivity index (χ1) is 12.5. The van der Waals surface area contributed by atoms with Crippen LogP contribution >= 0.6 is 0 Å². The highest BCUT2D eigenvalue weighted by Crippen LogP contribution is 2.28. The van der Waals surface area contributed by atoms with Gasteiger partial charge in [-0.1, -0.05) is 43.2 Å². The number of hydrogen-bond donors (Lipinski definition) is 3. The first-order valence-electron chi connectivity index (χ1n) is 9.04. The van der Waals surface area contributed by atoms with Gasteiger partial charge in [0.1, 0.15) is 0 Å². The van der Waals surface area contributed by atoms with Crippen molar-refractivity contribution in [3.63, 3.8) is 0 Å². The van der Waals surface area contributed by atoms with E-state index < -0.39 is 5.54 Å². The third kappa shape index (κ3) is 4.11. The zero-order valence-corrected chi connectivity index (χ0v) is 15.0. The van der Waals surface area contributed by atoms with E-state index in [1.807, 2.05) is 49.4 Å². The van der Waals surface area contributed by atoms with Crippen molar-refractivity contribution >= 4 is 17.5 Å². The molecule has 1 saturated carbocycles. The van der Waals surface area contributed by atoms with E-state index in [-0.39, 0.29) is 17.9 Å². The summed E-state index contributed by atoms with van der Waals surface area (Å²) in [6.07, 6.45) is 3.47. The molecule has 0 radical (unpaired) electrons. The molecule has 1 aliphatic rings. The topological polar surface area (TPSA) is 84.2 Å². The lowest BCUT2D eigenvalue weighted by molar-refractivity contribution is -0.126. The highest BCUT2D eigenvalue weighted by atomic mass is 16.2. The monoisotopic (exact) mass is 351 g/mol. The molecule has 1 aliphatic carbocycles. The molecule has 3 rings (SSSR count). The van der Waals surface area contributed by atoms with Gasteiger partial charge in [-0.15, -0.1) is 0 Å². The van der Waals surface area contributed by atoms with Crippen LogP contribution in [0.4, 0.5) is 5.69 Å². The van der Waals surface area contributed by atoms with Crippen LogP contribution in [0.1, 0.15) is 54.6 Å². The Kier molecular flexibility index (Phi) is 5.38. The van der Waals surface area contributed by atoms with E-state index in [0.29, 0.717) is 11.3 Å². The lowest BCUT2D eigenvalue weighted by Crippen LogP contribution is -2.52. The molecule has 0 aliphatic heterocycles. The molecule has 0 aromatic heterocycles. The summed E-state index contributed by atoms with van der Waals surface area (Å²) in [5.41, 5.74) is 7.70. The fourth-order valence-electron chi connectivity index (χ4n) is 3.34. The number of hydrogen-bond acceptors (Lipinski definition) is 3. The predicted molar refractivity (Wildman–Crippen MR) is 103 cm³/mol. The minimum absolute atomic E-state index is 0.0961. The fourth-order valence-corrected chi connectivity index (χ4v) is 3.34. The van der Waals surface area contributed by atoms with Gasteiger partial charge in [-0.05, 0) is 49.6 Å². The normalized spacial score (nSPS) is 16.7. The number of nitrogens with two attached hydrogens (primary N) is 1. The van der Waals surface area contributed by atoms with Crippen molar-refractivity contribution in [2.24, 2.45) is 5.73 Å². The molecule has 0 bridgehead atoms. The van der Waals surface area contributed by atoms with Gasteiger partial charge >= 0.3 is 0 Å². The summed E-state index contributed by atoms with van der Waals surface area (Å²) < 4.78 is 0. The Morgan fingerprint density at radius 3 is 2.42 bits per heavy atom. The Hall–Kier alpha value is -2.66. The third-order valence-electron chi connectivity index (χ3n) is 4.98. The highest BCUT2D eigenvalue weighted by Gasteiger charge is 2.37. The Morgan fingerprint density at radius 1 is 1.04 bits per heavy atom. The number of anilines is 1. The van der Waals surface area contributed by atoms with Crippen LogP contribution in [0.5, 0.6) is 0 Å². The molecule has 1 fully saturated rings. The van der Waals surface area contributed by atoms with Crippen LogP contribution in [0.3, 0.4) is 0 Å². The molecule has 0 spiro atoms. The Labute approximate surface area is 154 Å². The molecule has 5 nitrogen and oxygen atoms in total. The first-order valence-corrected chi connectivity index (χ1v) is 9.04. The van der Waals surface area contributed by atoms with Gasteiger partial charge in [-0.2, -0.15) is 0 Å². The standard InChI is InChI=1S/C21H25N3O2/c1-15(23-20(26)21(22)12-5-6-13-21)17-10-7-11-18(14-17)24-19(25)16-8-3-2-4-9-16/h2-4,7-11,14-15H,5-6,12-13,22H2,1H3,(H,23,26)(H,24,25). The van der Waals surface area contributed by atoms with Crippen molar-refractivity contribution in [3.8, 4) is 0 Å². The van der Waals surface area contributed by atoms with Crippen molar-refractivity contribution in [1.82, 2.24) is 5.32 Å². The second-order valence-corrected chi connectivity index (χ2v) is 7.00. The van der Waals surface area contributed by atoms with Crippen molar-refractivity contribution < 1.29 is 9.59 Å². The van der Waals surface area contributed by atoms with Crippen LogP contribution in [0.25, 0.3) is 0 Å². The zero-order chi connectivity index (χ0) is 18.6. The van der Waals surface area contributed by atoms with Crippen molar-refractivity contribution in [1.29, 1.82) is 0 Å². The maximum Gasteiger partial charge on any atom is 0.255 e. The maximum atomic E-state index is 12.5. The van der Waals surface area contributed by atoms with Crippen LogP contribution in [-0.2, 0) is 4.79 Å². The molecule has 2 aromatic carbocycles. The second-order valence-electron chi connectivity index (χ2n) is 7.00. The van der Waals surface area contributed by atoms with Crippen molar-refractivity contribution in [2.75, 3.05) is 5.32 Å². The summed E-state index contributed by atoms with van der Waals surface area (Å²) >= 11 is 0. The van der Waals surface area contributed by atoms with Gasteiger partial charge in [0.15, 0.2) is 0 Å².